The highest BCUT2D eigenvalue weighted by Crippen LogP contribution is 2.56. The maximum atomic E-state index is 14.7. The summed E-state index contributed by atoms with van der Waals surface area (Å²) in [6, 6.07) is 0. The van der Waals surface area contributed by atoms with Gasteiger partial charge in [-0.1, -0.05) is 0 Å². The van der Waals surface area contributed by atoms with Gasteiger partial charge in [0.05, 0.1) is 18.3 Å². The van der Waals surface area contributed by atoms with Crippen LogP contribution in [0.4, 0.5) is 4.39 Å². The van der Waals surface area contributed by atoms with Gasteiger partial charge in [0.15, 0.2) is 5.67 Å². The molecule has 0 aromatic heterocycles. The molecule has 20 heavy (non-hydrogen) atoms. The van der Waals surface area contributed by atoms with Gasteiger partial charge in [-0.3, -0.25) is 4.79 Å². The minimum absolute atomic E-state index is 0.177. The summed E-state index contributed by atoms with van der Waals surface area (Å²) in [4.78, 5) is 12.2. The average molecular weight is 282 g/mol. The Morgan fingerprint density at radius 2 is 1.95 bits per heavy atom. The molecule has 0 spiro atoms. The number of Topliss-reactive ketones (excluding diaryl/α,β-unsaturated/α-hetero) is 1. The summed E-state index contributed by atoms with van der Waals surface area (Å²) in [5.74, 6) is 1.41. The van der Waals surface area contributed by atoms with E-state index in [1.165, 1.54) is 0 Å². The third-order valence-corrected chi connectivity index (χ3v) is 6.12. The van der Waals surface area contributed by atoms with E-state index in [0.29, 0.717) is 18.3 Å². The second-order valence-electron chi connectivity index (χ2n) is 7.66. The predicted molar refractivity (Wildman–Crippen MR) is 71.1 cm³/mol. The fraction of sp³-hybridized carbons (Fsp3) is 0.938. The SMILES string of the molecule is CC(OC12CC3CC(C1)C(=O)C(C3)C2)C(C)(F)C1CO1. The Balaban J connectivity index is 1.52. The average Bonchev–Trinajstić information content (AvgIpc) is 3.18. The van der Waals surface area contributed by atoms with E-state index in [9.17, 15) is 9.18 Å². The molecule has 3 nitrogen and oxygen atoms in total. The first-order valence-electron chi connectivity index (χ1n) is 7.92. The quantitative estimate of drug-likeness (QED) is 0.744. The Hall–Kier alpha value is -0.480. The van der Waals surface area contributed by atoms with E-state index in [2.05, 4.69) is 0 Å². The van der Waals surface area contributed by atoms with Crippen molar-refractivity contribution in [3.05, 3.63) is 0 Å². The van der Waals surface area contributed by atoms with Crippen molar-refractivity contribution in [1.82, 2.24) is 0 Å². The van der Waals surface area contributed by atoms with Crippen molar-refractivity contribution in [3.8, 4) is 0 Å². The van der Waals surface area contributed by atoms with Crippen LogP contribution in [0.5, 0.6) is 0 Å². The van der Waals surface area contributed by atoms with Gasteiger partial charge in [0.25, 0.3) is 0 Å². The maximum absolute atomic E-state index is 14.7. The van der Waals surface area contributed by atoms with E-state index in [1.807, 2.05) is 6.92 Å². The summed E-state index contributed by atoms with van der Waals surface area (Å²) in [7, 11) is 0. The first-order chi connectivity index (χ1) is 9.40. The molecule has 0 aromatic carbocycles. The molecule has 5 rings (SSSR count). The summed E-state index contributed by atoms with van der Waals surface area (Å²) in [6.07, 6.45) is 3.92. The molecular weight excluding hydrogens is 259 g/mol. The number of carbonyl (C=O) groups is 1. The van der Waals surface area contributed by atoms with Crippen LogP contribution in [0.1, 0.15) is 46.0 Å². The van der Waals surface area contributed by atoms with E-state index in [4.69, 9.17) is 9.47 Å². The predicted octanol–water partition coefficient (Wildman–Crippen LogP) is 2.67. The second kappa shape index (κ2) is 4.04. The van der Waals surface area contributed by atoms with Gasteiger partial charge < -0.3 is 9.47 Å². The Labute approximate surface area is 119 Å². The third kappa shape index (κ3) is 1.87. The number of alkyl halides is 1. The molecule has 4 heteroatoms. The van der Waals surface area contributed by atoms with Crippen LogP contribution in [0.25, 0.3) is 0 Å². The monoisotopic (exact) mass is 282 g/mol. The first-order valence-corrected chi connectivity index (χ1v) is 7.92. The lowest BCUT2D eigenvalue weighted by molar-refractivity contribution is -0.209. The Kier molecular flexibility index (Phi) is 2.67. The van der Waals surface area contributed by atoms with Crippen molar-refractivity contribution < 1.29 is 18.7 Å². The van der Waals surface area contributed by atoms with Gasteiger partial charge in [-0.2, -0.15) is 0 Å². The smallest absolute Gasteiger partial charge is 0.162 e. The molecular formula is C16H23FO3. The molecule has 0 aromatic rings. The van der Waals surface area contributed by atoms with Crippen LogP contribution in [0.15, 0.2) is 0 Å². The number of rotatable bonds is 4. The molecule has 0 amide bonds. The van der Waals surface area contributed by atoms with Gasteiger partial charge in [0.2, 0.25) is 0 Å². The van der Waals surface area contributed by atoms with Crippen molar-refractivity contribution in [2.45, 2.75) is 69.4 Å². The van der Waals surface area contributed by atoms with Crippen LogP contribution >= 0.6 is 0 Å². The van der Waals surface area contributed by atoms with E-state index in [1.54, 1.807) is 6.92 Å². The van der Waals surface area contributed by atoms with Crippen LogP contribution < -0.4 is 0 Å². The minimum Gasteiger partial charge on any atom is -0.370 e. The van der Waals surface area contributed by atoms with Gasteiger partial charge in [0, 0.05) is 11.8 Å². The number of ketones is 1. The van der Waals surface area contributed by atoms with E-state index in [0.717, 1.165) is 32.1 Å². The fourth-order valence-electron chi connectivity index (χ4n) is 4.95. The molecule has 5 unspecified atom stereocenters. The molecule has 0 radical (unpaired) electrons. The van der Waals surface area contributed by atoms with Crippen LogP contribution in [0, 0.1) is 17.8 Å². The second-order valence-corrected chi connectivity index (χ2v) is 7.66. The molecule has 1 aliphatic heterocycles. The zero-order valence-electron chi connectivity index (χ0n) is 12.2. The fourth-order valence-corrected chi connectivity index (χ4v) is 4.95. The summed E-state index contributed by atoms with van der Waals surface area (Å²) >= 11 is 0. The number of epoxide rings is 1. The Morgan fingerprint density at radius 1 is 1.35 bits per heavy atom. The summed E-state index contributed by atoms with van der Waals surface area (Å²) < 4.78 is 26.1. The Bertz CT molecular complexity index is 425. The van der Waals surface area contributed by atoms with Gasteiger partial charge >= 0.3 is 0 Å². The molecule has 4 saturated carbocycles. The van der Waals surface area contributed by atoms with Crippen LogP contribution in [0.2, 0.25) is 0 Å². The topological polar surface area (TPSA) is 38.8 Å². The molecule has 4 bridgehead atoms. The van der Waals surface area contributed by atoms with Crippen molar-refractivity contribution in [2.75, 3.05) is 6.61 Å². The van der Waals surface area contributed by atoms with Gasteiger partial charge in [-0.15, -0.1) is 0 Å². The van der Waals surface area contributed by atoms with Gasteiger partial charge in [-0.05, 0) is 51.9 Å². The lowest BCUT2D eigenvalue weighted by atomic mass is 9.53. The van der Waals surface area contributed by atoms with Crippen LogP contribution in [-0.4, -0.2) is 35.9 Å². The highest BCUT2D eigenvalue weighted by molar-refractivity contribution is 5.85. The zero-order chi connectivity index (χ0) is 14.1. The van der Waals surface area contributed by atoms with Crippen molar-refractivity contribution in [3.63, 3.8) is 0 Å². The van der Waals surface area contributed by atoms with E-state index >= 15 is 0 Å². The Morgan fingerprint density at radius 3 is 2.50 bits per heavy atom. The first kappa shape index (κ1) is 13.2. The number of carbonyl (C=O) groups excluding carboxylic acids is 1. The summed E-state index contributed by atoms with van der Waals surface area (Å²) in [5.41, 5.74) is -1.67. The third-order valence-electron chi connectivity index (χ3n) is 6.12. The van der Waals surface area contributed by atoms with Crippen molar-refractivity contribution >= 4 is 5.78 Å². The molecule has 1 heterocycles. The summed E-state index contributed by atoms with van der Waals surface area (Å²) in [5, 5.41) is 0. The molecule has 1 saturated heterocycles. The zero-order valence-corrected chi connectivity index (χ0v) is 12.2. The summed E-state index contributed by atoms with van der Waals surface area (Å²) in [6.45, 7) is 3.91. The van der Waals surface area contributed by atoms with Crippen LogP contribution in [-0.2, 0) is 14.3 Å². The van der Waals surface area contributed by atoms with Gasteiger partial charge in [-0.25, -0.2) is 4.39 Å². The normalized spacial score (nSPS) is 50.0. The molecule has 0 N–H and O–H groups in total. The van der Waals surface area contributed by atoms with Crippen molar-refractivity contribution in [1.29, 1.82) is 0 Å². The minimum atomic E-state index is -1.42. The highest BCUT2D eigenvalue weighted by Gasteiger charge is 2.58. The molecule has 4 aliphatic carbocycles. The lowest BCUT2D eigenvalue weighted by Gasteiger charge is -2.56. The molecule has 112 valence electrons. The standard InChI is InChI=1S/C16H23FO3/c1-9(15(2,17)13-8-19-13)20-16-5-10-3-11(6-16)14(18)12(4-10)7-16/h9-13H,3-8H2,1-2H3. The number of hydrogen-bond acceptors (Lipinski definition) is 3. The van der Waals surface area contributed by atoms with E-state index < -0.39 is 11.8 Å². The van der Waals surface area contributed by atoms with E-state index in [-0.39, 0.29) is 23.5 Å². The number of halogens is 1. The maximum Gasteiger partial charge on any atom is 0.162 e. The number of ether oxygens (including phenoxy) is 2. The largest absolute Gasteiger partial charge is 0.370 e. The van der Waals surface area contributed by atoms with Crippen molar-refractivity contribution in [2.24, 2.45) is 17.8 Å². The molecule has 5 aliphatic rings. The molecule has 5 atom stereocenters. The lowest BCUT2D eigenvalue weighted by Crippen LogP contribution is -2.58. The van der Waals surface area contributed by atoms with Crippen LogP contribution in [0.3, 0.4) is 0 Å². The number of hydrogen-bond donors (Lipinski definition) is 0. The molecule has 5 fully saturated rings. The van der Waals surface area contributed by atoms with Gasteiger partial charge in [0.1, 0.15) is 11.9 Å². The highest BCUT2D eigenvalue weighted by atomic mass is 19.1.